The van der Waals surface area contributed by atoms with Crippen molar-refractivity contribution in [3.05, 3.63) is 42.5 Å². The predicted molar refractivity (Wildman–Crippen MR) is 81.9 cm³/mol. The topological polar surface area (TPSA) is 93.7 Å². The zero-order valence-electron chi connectivity index (χ0n) is 12.4. The van der Waals surface area contributed by atoms with Crippen LogP contribution >= 0.6 is 0 Å². The van der Waals surface area contributed by atoms with Crippen LogP contribution in [0.4, 0.5) is 4.79 Å². The molecule has 0 aliphatic rings. The van der Waals surface area contributed by atoms with Crippen LogP contribution in [0.15, 0.2) is 41.8 Å². The molecule has 7 nitrogen and oxygen atoms in total. The van der Waals surface area contributed by atoms with E-state index in [0.29, 0.717) is 6.61 Å². The average molecular weight is 328 g/mol. The molecule has 1 aromatic carbocycles. The van der Waals surface area contributed by atoms with Gasteiger partial charge in [0.1, 0.15) is 6.61 Å². The third-order valence-electron chi connectivity index (χ3n) is 2.60. The van der Waals surface area contributed by atoms with Gasteiger partial charge in [0.15, 0.2) is 0 Å². The molecule has 0 bridgehead atoms. The Morgan fingerprint density at radius 1 is 1.32 bits per heavy atom. The molecular weight excluding hydrogens is 308 g/mol. The summed E-state index contributed by atoms with van der Waals surface area (Å²) in [6.07, 6.45) is 0.911. The summed E-state index contributed by atoms with van der Waals surface area (Å²) in [5.74, 6) is 0. The Labute approximate surface area is 130 Å². The molecule has 0 aliphatic carbocycles. The van der Waals surface area contributed by atoms with E-state index in [1.165, 1.54) is 25.3 Å². The zero-order valence-corrected chi connectivity index (χ0v) is 13.2. The Balaban J connectivity index is 2.55. The molecule has 8 heteroatoms. The molecule has 0 radical (unpaired) electrons. The number of methoxy groups -OCH3 is 1. The highest BCUT2D eigenvalue weighted by Crippen LogP contribution is 2.10. The molecule has 0 unspecified atom stereocenters. The van der Waals surface area contributed by atoms with Gasteiger partial charge in [0.2, 0.25) is 10.0 Å². The summed E-state index contributed by atoms with van der Waals surface area (Å²) in [5, 5.41) is 2.54. The van der Waals surface area contributed by atoms with Crippen LogP contribution in [0, 0.1) is 0 Å². The van der Waals surface area contributed by atoms with E-state index in [0.717, 1.165) is 5.56 Å². The monoisotopic (exact) mass is 328 g/mol. The number of alkyl carbamates (subject to hydrolysis) is 1. The first kappa shape index (κ1) is 18.1. The third kappa shape index (κ3) is 6.25. The third-order valence-corrected chi connectivity index (χ3v) is 4.08. The van der Waals surface area contributed by atoms with Crippen LogP contribution in [0.3, 0.4) is 0 Å². The Hall–Kier alpha value is -1.90. The normalized spacial score (nSPS) is 11.0. The molecule has 2 N–H and O–H groups in total. The van der Waals surface area contributed by atoms with Gasteiger partial charge < -0.3 is 14.8 Å². The molecule has 1 aromatic rings. The van der Waals surface area contributed by atoms with E-state index in [1.807, 2.05) is 0 Å². The van der Waals surface area contributed by atoms with Crippen molar-refractivity contribution in [2.24, 2.45) is 0 Å². The number of benzene rings is 1. The van der Waals surface area contributed by atoms with Gasteiger partial charge in [0.25, 0.3) is 0 Å². The summed E-state index contributed by atoms with van der Waals surface area (Å²) in [5.41, 5.74) is 0.756. The maximum absolute atomic E-state index is 11.9. The number of amides is 1. The lowest BCUT2D eigenvalue weighted by atomic mass is 10.2. The standard InChI is InChI=1S/C14H20N2O5S/c1-3-9-21-14(17)15-11-12-4-6-13(7-5-12)22(18,19)16-8-10-20-2/h3-7,16H,1,8-11H2,2H3,(H,15,17). The molecule has 1 rings (SSSR count). The van der Waals surface area contributed by atoms with Crippen LogP contribution in [0.25, 0.3) is 0 Å². The number of carbonyl (C=O) groups is 1. The molecule has 0 heterocycles. The van der Waals surface area contributed by atoms with E-state index >= 15 is 0 Å². The van der Waals surface area contributed by atoms with Crippen molar-refractivity contribution in [2.75, 3.05) is 26.9 Å². The average Bonchev–Trinajstić information content (AvgIpc) is 2.51. The van der Waals surface area contributed by atoms with Crippen LogP contribution in [0.1, 0.15) is 5.56 Å². The molecule has 0 saturated carbocycles. The van der Waals surface area contributed by atoms with Crippen molar-refractivity contribution in [1.82, 2.24) is 10.0 Å². The lowest BCUT2D eigenvalue weighted by Gasteiger charge is -2.08. The first-order valence-corrected chi connectivity index (χ1v) is 8.07. The number of hydrogen-bond donors (Lipinski definition) is 2. The largest absolute Gasteiger partial charge is 0.445 e. The summed E-state index contributed by atoms with van der Waals surface area (Å²) in [7, 11) is -2.05. The van der Waals surface area contributed by atoms with Gasteiger partial charge in [0, 0.05) is 20.2 Å². The van der Waals surface area contributed by atoms with E-state index in [4.69, 9.17) is 9.47 Å². The number of carbonyl (C=O) groups excluding carboxylic acids is 1. The molecule has 0 aromatic heterocycles. The predicted octanol–water partition coefficient (Wildman–Crippen LogP) is 1.02. The summed E-state index contributed by atoms with van der Waals surface area (Å²) < 4.78 is 35.8. The van der Waals surface area contributed by atoms with Crippen LogP contribution in [0.2, 0.25) is 0 Å². The molecule has 0 spiro atoms. The van der Waals surface area contributed by atoms with Crippen LogP contribution in [-0.4, -0.2) is 41.4 Å². The summed E-state index contributed by atoms with van der Waals surface area (Å²) in [6, 6.07) is 6.19. The van der Waals surface area contributed by atoms with Gasteiger partial charge in [0.05, 0.1) is 11.5 Å². The maximum Gasteiger partial charge on any atom is 0.407 e. The van der Waals surface area contributed by atoms with E-state index in [1.54, 1.807) is 12.1 Å². The molecule has 122 valence electrons. The number of rotatable bonds is 9. The Morgan fingerprint density at radius 2 is 2.00 bits per heavy atom. The van der Waals surface area contributed by atoms with Crippen LogP contribution in [-0.2, 0) is 26.0 Å². The van der Waals surface area contributed by atoms with E-state index in [-0.39, 0.29) is 24.6 Å². The highest BCUT2D eigenvalue weighted by Gasteiger charge is 2.12. The highest BCUT2D eigenvalue weighted by atomic mass is 32.2. The van der Waals surface area contributed by atoms with E-state index in [2.05, 4.69) is 16.6 Å². The van der Waals surface area contributed by atoms with Gasteiger partial charge in [-0.25, -0.2) is 17.9 Å². The quantitative estimate of drug-likeness (QED) is 0.521. The first-order chi connectivity index (χ1) is 10.5. The van der Waals surface area contributed by atoms with Crippen molar-refractivity contribution < 1.29 is 22.7 Å². The van der Waals surface area contributed by atoms with Crippen LogP contribution in [0.5, 0.6) is 0 Å². The minimum atomic E-state index is -3.55. The fourth-order valence-electron chi connectivity index (χ4n) is 1.51. The number of sulfonamides is 1. The minimum Gasteiger partial charge on any atom is -0.445 e. The number of nitrogens with one attached hydrogen (secondary N) is 2. The van der Waals surface area contributed by atoms with Crippen molar-refractivity contribution in [1.29, 1.82) is 0 Å². The lowest BCUT2D eigenvalue weighted by Crippen LogP contribution is -2.27. The van der Waals surface area contributed by atoms with Crippen LogP contribution < -0.4 is 10.0 Å². The number of hydrogen-bond acceptors (Lipinski definition) is 5. The smallest absolute Gasteiger partial charge is 0.407 e. The minimum absolute atomic E-state index is 0.135. The molecular formula is C14H20N2O5S. The highest BCUT2D eigenvalue weighted by molar-refractivity contribution is 7.89. The van der Waals surface area contributed by atoms with Gasteiger partial charge in [-0.05, 0) is 17.7 Å². The van der Waals surface area contributed by atoms with Gasteiger partial charge in [-0.2, -0.15) is 0 Å². The van der Waals surface area contributed by atoms with Crippen molar-refractivity contribution >= 4 is 16.1 Å². The fraction of sp³-hybridized carbons (Fsp3) is 0.357. The second-order valence-corrected chi connectivity index (χ2v) is 6.04. The molecule has 22 heavy (non-hydrogen) atoms. The van der Waals surface area contributed by atoms with Crippen molar-refractivity contribution in [2.45, 2.75) is 11.4 Å². The second-order valence-electron chi connectivity index (χ2n) is 4.28. The van der Waals surface area contributed by atoms with Gasteiger partial charge in [-0.15, -0.1) is 0 Å². The van der Waals surface area contributed by atoms with Gasteiger partial charge in [-0.3, -0.25) is 0 Å². The van der Waals surface area contributed by atoms with Crippen molar-refractivity contribution in [3.8, 4) is 0 Å². The maximum atomic E-state index is 11.9. The van der Waals surface area contributed by atoms with Gasteiger partial charge in [-0.1, -0.05) is 24.8 Å². The molecule has 1 amide bonds. The number of ether oxygens (including phenoxy) is 2. The Bertz CT molecular complexity index is 584. The Morgan fingerprint density at radius 3 is 2.59 bits per heavy atom. The molecule has 0 aliphatic heterocycles. The second kappa shape index (κ2) is 9.19. The molecule has 0 fully saturated rings. The van der Waals surface area contributed by atoms with E-state index in [9.17, 15) is 13.2 Å². The molecule has 0 atom stereocenters. The zero-order chi connectivity index (χ0) is 16.4. The Kier molecular flexibility index (Phi) is 7.58. The van der Waals surface area contributed by atoms with Crippen molar-refractivity contribution in [3.63, 3.8) is 0 Å². The SMILES string of the molecule is C=CCOC(=O)NCc1ccc(S(=O)(=O)NCCOC)cc1. The summed E-state index contributed by atoms with van der Waals surface area (Å²) in [6.45, 7) is 4.32. The lowest BCUT2D eigenvalue weighted by molar-refractivity contribution is 0.158. The molecule has 0 saturated heterocycles. The fourth-order valence-corrected chi connectivity index (χ4v) is 2.52. The summed E-state index contributed by atoms with van der Waals surface area (Å²) >= 11 is 0. The summed E-state index contributed by atoms with van der Waals surface area (Å²) in [4.78, 5) is 11.4. The first-order valence-electron chi connectivity index (χ1n) is 6.58. The van der Waals surface area contributed by atoms with Gasteiger partial charge >= 0.3 is 6.09 Å². The van der Waals surface area contributed by atoms with E-state index < -0.39 is 16.1 Å².